The summed E-state index contributed by atoms with van der Waals surface area (Å²) in [6, 6.07) is 13.5. The lowest BCUT2D eigenvalue weighted by atomic mass is 10.1. The summed E-state index contributed by atoms with van der Waals surface area (Å²) in [6.07, 6.45) is 0.549. The molecule has 1 aliphatic rings. The normalized spacial score (nSPS) is 16.3. The molecule has 0 bridgehead atoms. The van der Waals surface area contributed by atoms with E-state index >= 15 is 0 Å². The fourth-order valence-electron chi connectivity index (χ4n) is 3.05. The number of halogens is 1. The summed E-state index contributed by atoms with van der Waals surface area (Å²) in [5, 5.41) is 2.77. The Labute approximate surface area is 178 Å². The highest BCUT2D eigenvalue weighted by atomic mass is 79.9. The minimum Gasteiger partial charge on any atom is -0.452 e. The average Bonchev–Trinajstić information content (AvgIpc) is 3.05. The lowest BCUT2D eigenvalue weighted by Crippen LogP contribution is -2.31. The second kappa shape index (κ2) is 8.96. The molecule has 154 valence electrons. The third kappa shape index (κ3) is 5.36. The van der Waals surface area contributed by atoms with E-state index in [4.69, 9.17) is 4.74 Å². The van der Waals surface area contributed by atoms with Gasteiger partial charge >= 0.3 is 5.97 Å². The van der Waals surface area contributed by atoms with Crippen molar-refractivity contribution >= 4 is 43.5 Å². The molecule has 1 saturated heterocycles. The number of benzene rings is 2. The van der Waals surface area contributed by atoms with Crippen molar-refractivity contribution in [1.82, 2.24) is 5.32 Å². The largest absolute Gasteiger partial charge is 0.452 e. The number of nitrogens with zero attached hydrogens (tertiary/aromatic N) is 1. The van der Waals surface area contributed by atoms with Gasteiger partial charge in [-0.15, -0.1) is 0 Å². The lowest BCUT2D eigenvalue weighted by Gasteiger charge is -2.17. The Bertz CT molecular complexity index is 1010. The van der Waals surface area contributed by atoms with Crippen LogP contribution in [0.3, 0.4) is 0 Å². The van der Waals surface area contributed by atoms with Crippen LogP contribution in [0.5, 0.6) is 0 Å². The van der Waals surface area contributed by atoms with Crippen molar-refractivity contribution in [3.8, 4) is 0 Å². The van der Waals surface area contributed by atoms with E-state index in [9.17, 15) is 18.0 Å². The molecule has 1 unspecified atom stereocenters. The minimum absolute atomic E-state index is 0.0956. The molecule has 0 radical (unpaired) electrons. The van der Waals surface area contributed by atoms with Crippen LogP contribution in [0.2, 0.25) is 0 Å². The van der Waals surface area contributed by atoms with E-state index in [0.717, 1.165) is 10.0 Å². The summed E-state index contributed by atoms with van der Waals surface area (Å²) >= 11 is 3.36. The Balaban J connectivity index is 1.57. The van der Waals surface area contributed by atoms with Crippen molar-refractivity contribution < 1.29 is 22.7 Å². The molecule has 2 aromatic carbocycles. The molecule has 1 atom stereocenters. The maximum Gasteiger partial charge on any atom is 0.338 e. The van der Waals surface area contributed by atoms with Crippen LogP contribution in [0.4, 0.5) is 5.69 Å². The van der Waals surface area contributed by atoms with Gasteiger partial charge in [0.1, 0.15) is 0 Å². The highest BCUT2D eigenvalue weighted by Gasteiger charge is 2.28. The first kappa shape index (κ1) is 21.3. The van der Waals surface area contributed by atoms with Crippen molar-refractivity contribution in [3.05, 3.63) is 64.1 Å². The van der Waals surface area contributed by atoms with Crippen molar-refractivity contribution in [1.29, 1.82) is 0 Å². The van der Waals surface area contributed by atoms with Gasteiger partial charge in [-0.2, -0.15) is 0 Å². The Kier molecular flexibility index (Phi) is 6.59. The van der Waals surface area contributed by atoms with Crippen molar-refractivity contribution in [2.45, 2.75) is 19.4 Å². The molecule has 0 saturated carbocycles. The van der Waals surface area contributed by atoms with E-state index in [1.807, 2.05) is 31.2 Å². The predicted octanol–water partition coefficient (Wildman–Crippen LogP) is 3.02. The Hall–Kier alpha value is -2.39. The van der Waals surface area contributed by atoms with Gasteiger partial charge in [0.2, 0.25) is 10.0 Å². The van der Waals surface area contributed by atoms with Crippen LogP contribution in [0.15, 0.2) is 53.0 Å². The maximum atomic E-state index is 12.3. The van der Waals surface area contributed by atoms with Crippen LogP contribution in [-0.4, -0.2) is 39.2 Å². The molecule has 29 heavy (non-hydrogen) atoms. The summed E-state index contributed by atoms with van der Waals surface area (Å²) in [5.74, 6) is -1.01. The third-order valence-electron chi connectivity index (χ3n) is 4.55. The minimum atomic E-state index is -3.34. The van der Waals surface area contributed by atoms with Crippen LogP contribution in [0.1, 0.15) is 35.3 Å². The van der Waals surface area contributed by atoms with Crippen LogP contribution in [-0.2, 0) is 19.6 Å². The molecule has 1 heterocycles. The molecule has 9 heteroatoms. The molecule has 0 aromatic heterocycles. The molecule has 0 aliphatic carbocycles. The summed E-state index contributed by atoms with van der Waals surface area (Å²) in [6.45, 7) is 1.80. The smallest absolute Gasteiger partial charge is 0.338 e. The van der Waals surface area contributed by atoms with Gasteiger partial charge in [-0.1, -0.05) is 34.1 Å². The molecule has 1 fully saturated rings. The van der Waals surface area contributed by atoms with Crippen molar-refractivity contribution in [3.63, 3.8) is 0 Å². The number of amides is 1. The van der Waals surface area contributed by atoms with Gasteiger partial charge in [-0.05, 0) is 49.2 Å². The number of esters is 1. The monoisotopic (exact) mass is 480 g/mol. The van der Waals surface area contributed by atoms with Gasteiger partial charge in [0.05, 0.1) is 23.0 Å². The van der Waals surface area contributed by atoms with Crippen LogP contribution < -0.4 is 9.62 Å². The fraction of sp³-hybridized carbons (Fsp3) is 0.300. The zero-order valence-corrected chi connectivity index (χ0v) is 18.2. The summed E-state index contributed by atoms with van der Waals surface area (Å²) in [4.78, 5) is 24.4. The van der Waals surface area contributed by atoms with Gasteiger partial charge in [-0.25, -0.2) is 13.2 Å². The number of sulfonamides is 1. The summed E-state index contributed by atoms with van der Waals surface area (Å²) in [7, 11) is -3.34. The second-order valence-electron chi connectivity index (χ2n) is 6.71. The highest BCUT2D eigenvalue weighted by molar-refractivity contribution is 9.10. The molecular weight excluding hydrogens is 460 g/mol. The second-order valence-corrected chi connectivity index (χ2v) is 9.64. The van der Waals surface area contributed by atoms with Crippen molar-refractivity contribution in [2.24, 2.45) is 0 Å². The fourth-order valence-corrected chi connectivity index (χ4v) is 4.87. The Morgan fingerprint density at radius 2 is 1.93 bits per heavy atom. The zero-order chi connectivity index (χ0) is 21.0. The van der Waals surface area contributed by atoms with E-state index in [0.29, 0.717) is 18.7 Å². The first-order valence-electron chi connectivity index (χ1n) is 9.09. The van der Waals surface area contributed by atoms with Gasteiger partial charge in [0.25, 0.3) is 5.91 Å². The predicted molar refractivity (Wildman–Crippen MR) is 113 cm³/mol. The van der Waals surface area contributed by atoms with E-state index < -0.39 is 28.5 Å². The standard InChI is InChI=1S/C20H21BrN2O5S/c1-14(15-6-8-17(21)9-7-15)22-19(24)13-28-20(25)16-4-2-5-18(12-16)23-10-3-11-29(23,26)27/h2,4-9,12,14H,3,10-11,13H2,1H3,(H,22,24). The third-order valence-corrected chi connectivity index (χ3v) is 6.95. The first-order valence-corrected chi connectivity index (χ1v) is 11.5. The molecule has 3 rings (SSSR count). The number of hydrogen-bond donors (Lipinski definition) is 1. The topological polar surface area (TPSA) is 92.8 Å². The van der Waals surface area contributed by atoms with Gasteiger partial charge in [0.15, 0.2) is 6.61 Å². The average molecular weight is 481 g/mol. The number of carbonyl (C=O) groups is 2. The van der Waals surface area contributed by atoms with Gasteiger partial charge in [-0.3, -0.25) is 9.10 Å². The molecule has 1 amide bonds. The van der Waals surface area contributed by atoms with Gasteiger partial charge < -0.3 is 10.1 Å². The highest BCUT2D eigenvalue weighted by Crippen LogP contribution is 2.25. The van der Waals surface area contributed by atoms with E-state index in [2.05, 4.69) is 21.2 Å². The number of hydrogen-bond acceptors (Lipinski definition) is 5. The zero-order valence-electron chi connectivity index (χ0n) is 15.8. The Morgan fingerprint density at radius 3 is 2.59 bits per heavy atom. The first-order chi connectivity index (χ1) is 13.8. The number of nitrogens with one attached hydrogen (secondary N) is 1. The van der Waals surface area contributed by atoms with E-state index in [1.165, 1.54) is 16.4 Å². The number of ether oxygens (including phenoxy) is 1. The van der Waals surface area contributed by atoms with Crippen LogP contribution in [0, 0.1) is 0 Å². The molecule has 0 spiro atoms. The van der Waals surface area contributed by atoms with E-state index in [-0.39, 0.29) is 17.4 Å². The molecule has 1 aliphatic heterocycles. The molecule has 7 nitrogen and oxygen atoms in total. The van der Waals surface area contributed by atoms with E-state index in [1.54, 1.807) is 12.1 Å². The number of anilines is 1. The summed E-state index contributed by atoms with van der Waals surface area (Å²) in [5.41, 5.74) is 1.54. The SMILES string of the molecule is CC(NC(=O)COC(=O)c1cccc(N2CCCS2(=O)=O)c1)c1ccc(Br)cc1. The van der Waals surface area contributed by atoms with Crippen LogP contribution >= 0.6 is 15.9 Å². The lowest BCUT2D eigenvalue weighted by molar-refractivity contribution is -0.124. The quantitative estimate of drug-likeness (QED) is 0.641. The molecular formula is C20H21BrN2O5S. The summed E-state index contributed by atoms with van der Waals surface area (Å²) < 4.78 is 31.4. The number of rotatable bonds is 6. The van der Waals surface area contributed by atoms with Crippen LogP contribution in [0.25, 0.3) is 0 Å². The maximum absolute atomic E-state index is 12.3. The Morgan fingerprint density at radius 1 is 1.21 bits per heavy atom. The molecule has 1 N–H and O–H groups in total. The van der Waals surface area contributed by atoms with Crippen molar-refractivity contribution in [2.75, 3.05) is 23.2 Å². The number of carbonyl (C=O) groups excluding carboxylic acids is 2. The molecule has 2 aromatic rings. The van der Waals surface area contributed by atoms with Gasteiger partial charge in [0, 0.05) is 11.0 Å².